The molecule has 2 atom stereocenters. The van der Waals surface area contributed by atoms with Crippen molar-refractivity contribution in [3.8, 4) is 0 Å². The summed E-state index contributed by atoms with van der Waals surface area (Å²) in [7, 11) is 0. The zero-order valence-electron chi connectivity index (χ0n) is 11.0. The second-order valence-corrected chi connectivity index (χ2v) is 4.43. The summed E-state index contributed by atoms with van der Waals surface area (Å²) in [5, 5.41) is 11.5. The van der Waals surface area contributed by atoms with Gasteiger partial charge in [-0.3, -0.25) is 4.79 Å². The molecule has 0 radical (unpaired) electrons. The molecule has 1 amide bonds. The molecule has 0 fully saturated rings. The molecule has 5 nitrogen and oxygen atoms in total. The third-order valence-electron chi connectivity index (χ3n) is 2.90. The predicted molar refractivity (Wildman–Crippen MR) is 72.5 cm³/mol. The monoisotopic (exact) mass is 264 g/mol. The lowest BCUT2D eigenvalue weighted by molar-refractivity contribution is -0.142. The smallest absolute Gasteiger partial charge is 0.326 e. The number of carboxylic acids is 1. The summed E-state index contributed by atoms with van der Waals surface area (Å²) in [6.45, 7) is 1.97. The standard InChI is InChI=1S/C14H20N2O3/c1-2-3-9-11(14(18)19)16-13(17)12(15)10-7-5-4-6-8-10/h4-8,11-12H,2-3,9,15H2,1H3,(H,16,17)(H,18,19)/t11-,12-/m0/s1. The van der Waals surface area contributed by atoms with Crippen molar-refractivity contribution in [2.45, 2.75) is 38.3 Å². The van der Waals surface area contributed by atoms with Crippen LogP contribution in [0.15, 0.2) is 30.3 Å². The minimum Gasteiger partial charge on any atom is -0.480 e. The number of carbonyl (C=O) groups excluding carboxylic acids is 1. The van der Waals surface area contributed by atoms with Crippen molar-refractivity contribution in [1.29, 1.82) is 0 Å². The molecule has 4 N–H and O–H groups in total. The molecule has 0 saturated carbocycles. The molecule has 1 aromatic rings. The van der Waals surface area contributed by atoms with Crippen LogP contribution in [0.1, 0.15) is 37.8 Å². The number of aliphatic carboxylic acids is 1. The Kier molecular flexibility index (Phi) is 6.02. The highest BCUT2D eigenvalue weighted by molar-refractivity contribution is 5.87. The molecule has 0 unspecified atom stereocenters. The fourth-order valence-corrected chi connectivity index (χ4v) is 1.74. The van der Waals surface area contributed by atoms with E-state index in [1.54, 1.807) is 24.3 Å². The quantitative estimate of drug-likeness (QED) is 0.695. The molecule has 0 aliphatic heterocycles. The molecule has 0 bridgehead atoms. The van der Waals surface area contributed by atoms with Gasteiger partial charge in [-0.25, -0.2) is 4.79 Å². The van der Waals surface area contributed by atoms with Gasteiger partial charge in [0.05, 0.1) is 0 Å². The van der Waals surface area contributed by atoms with Crippen LogP contribution in [0, 0.1) is 0 Å². The van der Waals surface area contributed by atoms with E-state index >= 15 is 0 Å². The number of carboxylic acid groups (broad SMARTS) is 1. The van der Waals surface area contributed by atoms with Crippen LogP contribution < -0.4 is 11.1 Å². The van der Waals surface area contributed by atoms with E-state index < -0.39 is 24.0 Å². The molecular weight excluding hydrogens is 244 g/mol. The summed E-state index contributed by atoms with van der Waals surface area (Å²) in [6, 6.07) is 7.17. The number of carbonyl (C=O) groups is 2. The largest absolute Gasteiger partial charge is 0.480 e. The van der Waals surface area contributed by atoms with E-state index in [4.69, 9.17) is 10.8 Å². The van der Waals surface area contributed by atoms with E-state index in [9.17, 15) is 9.59 Å². The molecule has 0 heterocycles. The number of hydrogen-bond acceptors (Lipinski definition) is 3. The van der Waals surface area contributed by atoms with Crippen molar-refractivity contribution < 1.29 is 14.7 Å². The third-order valence-corrected chi connectivity index (χ3v) is 2.90. The number of nitrogens with two attached hydrogens (primary N) is 1. The van der Waals surface area contributed by atoms with Crippen molar-refractivity contribution in [2.24, 2.45) is 5.73 Å². The highest BCUT2D eigenvalue weighted by atomic mass is 16.4. The average molecular weight is 264 g/mol. The van der Waals surface area contributed by atoms with E-state index in [1.165, 1.54) is 0 Å². The van der Waals surface area contributed by atoms with Crippen LogP contribution in [-0.4, -0.2) is 23.0 Å². The van der Waals surface area contributed by atoms with Gasteiger partial charge in [-0.2, -0.15) is 0 Å². The normalized spacial score (nSPS) is 13.6. The van der Waals surface area contributed by atoms with Crippen LogP contribution in [0.2, 0.25) is 0 Å². The molecule has 1 aromatic carbocycles. The first-order valence-electron chi connectivity index (χ1n) is 6.40. The van der Waals surface area contributed by atoms with Gasteiger partial charge in [0.15, 0.2) is 0 Å². The lowest BCUT2D eigenvalue weighted by atomic mass is 10.1. The highest BCUT2D eigenvalue weighted by Crippen LogP contribution is 2.10. The first-order valence-corrected chi connectivity index (χ1v) is 6.40. The van der Waals surface area contributed by atoms with E-state index in [2.05, 4.69) is 5.32 Å². The predicted octanol–water partition coefficient (Wildman–Crippen LogP) is 1.45. The second kappa shape index (κ2) is 7.53. The van der Waals surface area contributed by atoms with Crippen molar-refractivity contribution >= 4 is 11.9 Å². The van der Waals surface area contributed by atoms with E-state index in [0.29, 0.717) is 12.0 Å². The van der Waals surface area contributed by atoms with Crippen LogP contribution in [0.5, 0.6) is 0 Å². The Balaban J connectivity index is 2.64. The third kappa shape index (κ3) is 4.71. The zero-order chi connectivity index (χ0) is 14.3. The fourth-order valence-electron chi connectivity index (χ4n) is 1.74. The van der Waals surface area contributed by atoms with Gasteiger partial charge >= 0.3 is 5.97 Å². The number of nitrogens with one attached hydrogen (secondary N) is 1. The molecule has 0 aliphatic carbocycles. The molecule has 104 valence electrons. The van der Waals surface area contributed by atoms with Gasteiger partial charge in [-0.15, -0.1) is 0 Å². The first-order chi connectivity index (χ1) is 9.06. The summed E-state index contributed by atoms with van der Waals surface area (Å²) in [6.07, 6.45) is 2.04. The highest BCUT2D eigenvalue weighted by Gasteiger charge is 2.23. The summed E-state index contributed by atoms with van der Waals surface area (Å²) < 4.78 is 0. The lowest BCUT2D eigenvalue weighted by Gasteiger charge is -2.17. The summed E-state index contributed by atoms with van der Waals surface area (Å²) in [5.74, 6) is -1.49. The molecule has 0 saturated heterocycles. The summed E-state index contributed by atoms with van der Waals surface area (Å²) >= 11 is 0. The molecule has 0 aliphatic rings. The minimum absolute atomic E-state index is 0.416. The Morgan fingerprint density at radius 2 is 1.95 bits per heavy atom. The van der Waals surface area contributed by atoms with Gasteiger partial charge in [0.25, 0.3) is 0 Å². The molecule has 0 spiro atoms. The maximum absolute atomic E-state index is 11.9. The maximum atomic E-state index is 11.9. The van der Waals surface area contributed by atoms with Gasteiger partial charge in [0.2, 0.25) is 5.91 Å². The Morgan fingerprint density at radius 1 is 1.32 bits per heavy atom. The van der Waals surface area contributed by atoms with E-state index in [0.717, 1.165) is 12.8 Å². The number of unbranched alkanes of at least 4 members (excludes halogenated alkanes) is 1. The van der Waals surface area contributed by atoms with Crippen LogP contribution in [-0.2, 0) is 9.59 Å². The number of benzene rings is 1. The zero-order valence-corrected chi connectivity index (χ0v) is 11.0. The molecule has 1 rings (SSSR count). The maximum Gasteiger partial charge on any atom is 0.326 e. The molecule has 19 heavy (non-hydrogen) atoms. The average Bonchev–Trinajstić information content (AvgIpc) is 2.43. The van der Waals surface area contributed by atoms with Gasteiger partial charge in [0, 0.05) is 0 Å². The number of amides is 1. The van der Waals surface area contributed by atoms with Crippen molar-refractivity contribution in [3.05, 3.63) is 35.9 Å². The molecule has 0 aromatic heterocycles. The van der Waals surface area contributed by atoms with Crippen molar-refractivity contribution in [1.82, 2.24) is 5.32 Å². The Hall–Kier alpha value is -1.88. The second-order valence-electron chi connectivity index (χ2n) is 4.43. The van der Waals surface area contributed by atoms with Crippen molar-refractivity contribution in [2.75, 3.05) is 0 Å². The molecular formula is C14H20N2O3. The van der Waals surface area contributed by atoms with Crippen LogP contribution in [0.3, 0.4) is 0 Å². The summed E-state index contributed by atoms with van der Waals surface area (Å²) in [5.41, 5.74) is 6.48. The van der Waals surface area contributed by atoms with E-state index in [-0.39, 0.29) is 0 Å². The number of rotatable bonds is 7. The first kappa shape index (κ1) is 15.2. The van der Waals surface area contributed by atoms with Crippen LogP contribution in [0.4, 0.5) is 0 Å². The topological polar surface area (TPSA) is 92.4 Å². The van der Waals surface area contributed by atoms with Gasteiger partial charge in [-0.1, -0.05) is 50.1 Å². The van der Waals surface area contributed by atoms with E-state index in [1.807, 2.05) is 13.0 Å². The Morgan fingerprint density at radius 3 is 2.47 bits per heavy atom. The molecule has 5 heteroatoms. The van der Waals surface area contributed by atoms with Crippen LogP contribution in [0.25, 0.3) is 0 Å². The summed E-state index contributed by atoms with van der Waals surface area (Å²) in [4.78, 5) is 23.0. The van der Waals surface area contributed by atoms with Crippen LogP contribution >= 0.6 is 0 Å². The van der Waals surface area contributed by atoms with Crippen molar-refractivity contribution in [3.63, 3.8) is 0 Å². The lowest BCUT2D eigenvalue weighted by Crippen LogP contribution is -2.44. The van der Waals surface area contributed by atoms with Gasteiger partial charge < -0.3 is 16.2 Å². The number of hydrogen-bond donors (Lipinski definition) is 3. The van der Waals surface area contributed by atoms with Gasteiger partial charge in [0.1, 0.15) is 12.1 Å². The Bertz CT molecular complexity index is 420. The fraction of sp³-hybridized carbons (Fsp3) is 0.429. The SMILES string of the molecule is CCCC[C@H](NC(=O)[C@@H](N)c1ccccc1)C(=O)O. The Labute approximate surface area is 112 Å². The van der Waals surface area contributed by atoms with Gasteiger partial charge in [-0.05, 0) is 12.0 Å². The minimum atomic E-state index is -1.03.